The average Bonchev–Trinajstić information content (AvgIpc) is 2.42. The predicted molar refractivity (Wildman–Crippen MR) is 73.9 cm³/mol. The first kappa shape index (κ1) is 14.3. The third-order valence-electron chi connectivity index (χ3n) is 2.02. The number of carbonyl (C=O) groups is 1. The lowest BCUT2D eigenvalue weighted by Gasteiger charge is -1.99. The van der Waals surface area contributed by atoms with Crippen LogP contribution in [0.5, 0.6) is 0 Å². The van der Waals surface area contributed by atoms with Gasteiger partial charge in [-0.05, 0) is 31.2 Å². The molecule has 0 aliphatic rings. The van der Waals surface area contributed by atoms with Crippen LogP contribution in [0.4, 0.5) is 0 Å². The minimum Gasteiger partial charge on any atom is -0.462 e. The van der Waals surface area contributed by atoms with Crippen LogP contribution in [0, 0.1) is 0 Å². The van der Waals surface area contributed by atoms with Gasteiger partial charge in [-0.2, -0.15) is 0 Å². The first-order chi connectivity index (χ1) is 8.74. The maximum Gasteiger partial charge on any atom is 0.338 e. The summed E-state index contributed by atoms with van der Waals surface area (Å²) in [6.45, 7) is 2.22. The first-order valence-corrected chi connectivity index (χ1v) is 6.04. The molecule has 0 saturated carbocycles. The molecule has 0 bridgehead atoms. The van der Waals surface area contributed by atoms with Crippen LogP contribution in [-0.2, 0) is 4.74 Å². The highest BCUT2D eigenvalue weighted by Crippen LogP contribution is 2.03. The van der Waals surface area contributed by atoms with Crippen molar-refractivity contribution in [1.82, 2.24) is 0 Å². The maximum atomic E-state index is 11.0. The Bertz CT molecular complexity index is 454. The monoisotopic (exact) mass is 262 g/mol. The van der Waals surface area contributed by atoms with E-state index in [0.29, 0.717) is 12.2 Å². The Hall–Kier alpha value is -1.80. The van der Waals surface area contributed by atoms with Gasteiger partial charge in [0.2, 0.25) is 0 Å². The summed E-state index contributed by atoms with van der Waals surface area (Å²) in [4.78, 5) is 11.0. The smallest absolute Gasteiger partial charge is 0.338 e. The first-order valence-electron chi connectivity index (χ1n) is 5.66. The fourth-order valence-electron chi connectivity index (χ4n) is 1.20. The molecule has 94 valence electrons. The molecule has 18 heavy (non-hydrogen) atoms. The molecule has 0 aliphatic carbocycles. The molecule has 0 N–H and O–H groups in total. The van der Waals surface area contributed by atoms with Crippen LogP contribution in [-0.4, -0.2) is 12.6 Å². The topological polar surface area (TPSA) is 26.3 Å². The van der Waals surface area contributed by atoms with Gasteiger partial charge in [0.25, 0.3) is 0 Å². The van der Waals surface area contributed by atoms with Gasteiger partial charge in [-0.25, -0.2) is 4.79 Å². The fourth-order valence-corrected chi connectivity index (χ4v) is 1.35. The SMILES string of the molecule is CCOC(=O)c1ccccc1.Clc1ccccc1. The zero-order valence-corrected chi connectivity index (χ0v) is 10.9. The van der Waals surface area contributed by atoms with Crippen LogP contribution < -0.4 is 0 Å². The number of benzene rings is 2. The lowest BCUT2D eigenvalue weighted by Crippen LogP contribution is -2.03. The predicted octanol–water partition coefficient (Wildman–Crippen LogP) is 4.20. The minimum absolute atomic E-state index is 0.256. The maximum absolute atomic E-state index is 11.0. The number of ether oxygens (including phenoxy) is 1. The van der Waals surface area contributed by atoms with E-state index in [1.165, 1.54) is 0 Å². The summed E-state index contributed by atoms with van der Waals surface area (Å²) in [5, 5.41) is 0.794. The Kier molecular flexibility index (Phi) is 6.59. The van der Waals surface area contributed by atoms with Crippen LogP contribution in [0.15, 0.2) is 60.7 Å². The Balaban J connectivity index is 0.000000199. The Morgan fingerprint density at radius 3 is 1.89 bits per heavy atom. The second-order valence-electron chi connectivity index (χ2n) is 3.38. The van der Waals surface area contributed by atoms with Crippen molar-refractivity contribution in [2.45, 2.75) is 6.92 Å². The van der Waals surface area contributed by atoms with Crippen molar-refractivity contribution in [2.24, 2.45) is 0 Å². The van der Waals surface area contributed by atoms with E-state index in [4.69, 9.17) is 16.3 Å². The molecule has 0 spiro atoms. The molecule has 2 nitrogen and oxygen atoms in total. The van der Waals surface area contributed by atoms with Gasteiger partial charge in [0.05, 0.1) is 12.2 Å². The molecule has 2 aromatic carbocycles. The molecule has 0 radical (unpaired) electrons. The van der Waals surface area contributed by atoms with E-state index >= 15 is 0 Å². The van der Waals surface area contributed by atoms with Gasteiger partial charge in [-0.15, -0.1) is 0 Å². The summed E-state index contributed by atoms with van der Waals surface area (Å²) in [6.07, 6.45) is 0. The summed E-state index contributed by atoms with van der Waals surface area (Å²) < 4.78 is 4.79. The summed E-state index contributed by atoms with van der Waals surface area (Å²) in [7, 11) is 0. The molecule has 0 unspecified atom stereocenters. The Morgan fingerprint density at radius 2 is 1.50 bits per heavy atom. The van der Waals surface area contributed by atoms with Gasteiger partial charge in [0.15, 0.2) is 0 Å². The van der Waals surface area contributed by atoms with Crippen molar-refractivity contribution in [1.29, 1.82) is 0 Å². The molecule has 0 aliphatic heterocycles. The third-order valence-corrected chi connectivity index (χ3v) is 2.27. The molecule has 0 fully saturated rings. The van der Waals surface area contributed by atoms with Crippen LogP contribution in [0.3, 0.4) is 0 Å². The van der Waals surface area contributed by atoms with Crippen molar-refractivity contribution >= 4 is 17.6 Å². The molecule has 2 rings (SSSR count). The van der Waals surface area contributed by atoms with Crippen molar-refractivity contribution in [3.05, 3.63) is 71.2 Å². The van der Waals surface area contributed by atoms with Crippen LogP contribution in [0.2, 0.25) is 5.02 Å². The van der Waals surface area contributed by atoms with Gasteiger partial charge in [0, 0.05) is 5.02 Å². The number of hydrogen-bond donors (Lipinski definition) is 0. The second kappa shape index (κ2) is 8.31. The number of esters is 1. The van der Waals surface area contributed by atoms with Gasteiger partial charge < -0.3 is 4.74 Å². The van der Waals surface area contributed by atoms with Crippen LogP contribution in [0.1, 0.15) is 17.3 Å². The highest BCUT2D eigenvalue weighted by Gasteiger charge is 2.02. The quantitative estimate of drug-likeness (QED) is 0.758. The highest BCUT2D eigenvalue weighted by atomic mass is 35.5. The highest BCUT2D eigenvalue weighted by molar-refractivity contribution is 6.30. The molecular formula is C15H15ClO2. The third kappa shape index (κ3) is 5.51. The lowest BCUT2D eigenvalue weighted by atomic mass is 10.2. The minimum atomic E-state index is -0.256. The number of halogens is 1. The molecule has 0 heterocycles. The van der Waals surface area contributed by atoms with E-state index in [-0.39, 0.29) is 5.97 Å². The molecule has 0 atom stereocenters. The fraction of sp³-hybridized carbons (Fsp3) is 0.133. The standard InChI is InChI=1S/C9H10O2.C6H5Cl/c1-2-11-9(10)8-6-4-3-5-7-8;7-6-4-2-1-3-5-6/h3-7H,2H2,1H3;1-5H. The average molecular weight is 263 g/mol. The van der Waals surface area contributed by atoms with Gasteiger partial charge in [-0.1, -0.05) is 48.0 Å². The second-order valence-corrected chi connectivity index (χ2v) is 3.82. The zero-order valence-electron chi connectivity index (χ0n) is 10.2. The van der Waals surface area contributed by atoms with E-state index in [2.05, 4.69) is 0 Å². The zero-order chi connectivity index (χ0) is 13.2. The molecule has 2 aromatic rings. The summed E-state index contributed by atoms with van der Waals surface area (Å²) >= 11 is 5.54. The molecule has 0 saturated heterocycles. The molecular weight excluding hydrogens is 248 g/mol. The van der Waals surface area contributed by atoms with Gasteiger partial charge in [-0.3, -0.25) is 0 Å². The van der Waals surface area contributed by atoms with Crippen molar-refractivity contribution in [3.63, 3.8) is 0 Å². The Labute approximate surface area is 112 Å². The van der Waals surface area contributed by atoms with Crippen molar-refractivity contribution in [3.8, 4) is 0 Å². The van der Waals surface area contributed by atoms with E-state index < -0.39 is 0 Å². The summed E-state index contributed by atoms with van der Waals surface area (Å²) in [5.74, 6) is -0.256. The largest absolute Gasteiger partial charge is 0.462 e. The number of rotatable bonds is 2. The van der Waals surface area contributed by atoms with Crippen LogP contribution >= 0.6 is 11.6 Å². The van der Waals surface area contributed by atoms with Crippen molar-refractivity contribution < 1.29 is 9.53 Å². The molecule has 0 aromatic heterocycles. The summed E-state index contributed by atoms with van der Waals surface area (Å²) in [5.41, 5.74) is 0.606. The summed E-state index contributed by atoms with van der Waals surface area (Å²) in [6, 6.07) is 18.4. The van der Waals surface area contributed by atoms with E-state index in [0.717, 1.165) is 5.02 Å². The number of hydrogen-bond acceptors (Lipinski definition) is 2. The van der Waals surface area contributed by atoms with E-state index in [1.807, 2.05) is 48.5 Å². The van der Waals surface area contributed by atoms with Gasteiger partial charge >= 0.3 is 5.97 Å². The normalized spacial score (nSPS) is 9.00. The van der Waals surface area contributed by atoms with Gasteiger partial charge in [0.1, 0.15) is 0 Å². The molecule has 3 heteroatoms. The van der Waals surface area contributed by atoms with E-state index in [1.54, 1.807) is 19.1 Å². The Morgan fingerprint density at radius 1 is 1.00 bits per heavy atom. The van der Waals surface area contributed by atoms with Crippen molar-refractivity contribution in [2.75, 3.05) is 6.61 Å². The number of carbonyl (C=O) groups excluding carboxylic acids is 1. The van der Waals surface area contributed by atoms with Crippen LogP contribution in [0.25, 0.3) is 0 Å². The van der Waals surface area contributed by atoms with E-state index in [9.17, 15) is 4.79 Å². The lowest BCUT2D eigenvalue weighted by molar-refractivity contribution is 0.0526. The molecule has 0 amide bonds.